The van der Waals surface area contributed by atoms with E-state index >= 15 is 0 Å². The van der Waals surface area contributed by atoms with Crippen molar-refractivity contribution in [3.05, 3.63) is 72.5 Å². The quantitative estimate of drug-likeness (QED) is 0.529. The maximum absolute atomic E-state index is 12.6. The van der Waals surface area contributed by atoms with Gasteiger partial charge in [0.25, 0.3) is 11.2 Å². The molecular formula is C18H17N5O5. The zero-order chi connectivity index (χ0) is 20.6. The third-order valence-electron chi connectivity index (χ3n) is 4.43. The predicted octanol–water partition coefficient (Wildman–Crippen LogP) is 1.03. The van der Waals surface area contributed by atoms with E-state index in [9.17, 15) is 24.5 Å². The number of nitrogens with one attached hydrogen (secondary N) is 1. The van der Waals surface area contributed by atoms with Crippen LogP contribution in [0.4, 0.5) is 11.4 Å². The van der Waals surface area contributed by atoms with Gasteiger partial charge in [-0.05, 0) is 18.1 Å². The van der Waals surface area contributed by atoms with Crippen LogP contribution in [0.25, 0.3) is 11.0 Å². The minimum atomic E-state index is -0.556. The number of benzene rings is 1. The first-order valence-corrected chi connectivity index (χ1v) is 8.29. The molecule has 28 heavy (non-hydrogen) atoms. The van der Waals surface area contributed by atoms with Gasteiger partial charge in [0, 0.05) is 32.4 Å². The Bertz CT molecular complexity index is 1220. The number of fused-ring (bicyclic) bond motifs is 1. The van der Waals surface area contributed by atoms with Gasteiger partial charge < -0.3 is 5.32 Å². The number of nitro groups is 1. The second-order valence-electron chi connectivity index (χ2n) is 6.37. The number of hydrogen-bond donors (Lipinski definition) is 1. The number of nitrogens with zero attached hydrogens (tertiary/aromatic N) is 4. The van der Waals surface area contributed by atoms with Crippen molar-refractivity contribution in [2.75, 3.05) is 5.32 Å². The molecule has 1 amide bonds. The highest BCUT2D eigenvalue weighted by Crippen LogP contribution is 2.22. The second kappa shape index (κ2) is 7.06. The van der Waals surface area contributed by atoms with Crippen LogP contribution >= 0.6 is 0 Å². The molecule has 1 N–H and O–H groups in total. The maximum Gasteiger partial charge on any atom is 0.332 e. The lowest BCUT2D eigenvalue weighted by Crippen LogP contribution is -2.38. The Labute approximate surface area is 158 Å². The molecule has 0 bridgehead atoms. The van der Waals surface area contributed by atoms with Gasteiger partial charge in [-0.1, -0.05) is 12.1 Å². The Morgan fingerprint density at radius 3 is 2.43 bits per heavy atom. The van der Waals surface area contributed by atoms with Crippen LogP contribution in [0.15, 0.2) is 40.1 Å². The summed E-state index contributed by atoms with van der Waals surface area (Å²) in [5.41, 5.74) is 0.471. The van der Waals surface area contributed by atoms with Crippen molar-refractivity contribution in [3.63, 3.8) is 0 Å². The predicted molar refractivity (Wildman–Crippen MR) is 102 cm³/mol. The molecule has 3 aromatic rings. The monoisotopic (exact) mass is 383 g/mol. The molecule has 10 nitrogen and oxygen atoms in total. The smallest absolute Gasteiger partial charge is 0.325 e. The van der Waals surface area contributed by atoms with Crippen LogP contribution < -0.4 is 16.6 Å². The van der Waals surface area contributed by atoms with Gasteiger partial charge in [0.05, 0.1) is 17.0 Å². The summed E-state index contributed by atoms with van der Waals surface area (Å²) in [7, 11) is 2.85. The van der Waals surface area contributed by atoms with Crippen LogP contribution in [0.1, 0.15) is 11.1 Å². The van der Waals surface area contributed by atoms with Gasteiger partial charge in [0.15, 0.2) is 5.65 Å². The van der Waals surface area contributed by atoms with Crippen molar-refractivity contribution in [2.24, 2.45) is 14.1 Å². The Kier molecular flexibility index (Phi) is 4.78. The summed E-state index contributed by atoms with van der Waals surface area (Å²) in [5.74, 6) is -0.402. The molecule has 0 aliphatic rings. The molecule has 3 rings (SSSR count). The number of rotatable bonds is 4. The molecule has 0 spiro atoms. The van der Waals surface area contributed by atoms with Gasteiger partial charge in [-0.3, -0.25) is 28.8 Å². The molecule has 0 fully saturated rings. The van der Waals surface area contributed by atoms with Gasteiger partial charge in [0.2, 0.25) is 5.91 Å². The lowest BCUT2D eigenvalue weighted by atomic mass is 10.1. The maximum atomic E-state index is 12.6. The number of non-ortho nitro benzene ring substituents is 1. The number of aryl methyl sites for hydroxylation is 2. The average Bonchev–Trinajstić information content (AvgIpc) is 2.66. The summed E-state index contributed by atoms with van der Waals surface area (Å²) >= 11 is 0. The molecule has 2 heterocycles. The zero-order valence-electron chi connectivity index (χ0n) is 15.4. The van der Waals surface area contributed by atoms with E-state index < -0.39 is 22.1 Å². The van der Waals surface area contributed by atoms with Crippen LogP contribution in [0.2, 0.25) is 0 Å². The summed E-state index contributed by atoms with van der Waals surface area (Å²) < 4.78 is 2.19. The largest absolute Gasteiger partial charge is 0.332 e. The molecule has 1 aromatic carbocycles. The molecule has 0 saturated carbocycles. The van der Waals surface area contributed by atoms with Crippen molar-refractivity contribution in [1.82, 2.24) is 14.1 Å². The highest BCUT2D eigenvalue weighted by molar-refractivity contribution is 6.01. The molecule has 0 aliphatic heterocycles. The van der Waals surface area contributed by atoms with Gasteiger partial charge in [-0.2, -0.15) is 0 Å². The number of anilines is 1. The number of carbonyl (C=O) groups excluding carboxylic acids is 1. The number of carbonyl (C=O) groups is 1. The SMILES string of the molecule is Cc1cnc2c(c1NC(=O)Cc1ccc([N+](=O)[O-])cc1)c(=O)n(C)c(=O)n2C. The van der Waals surface area contributed by atoms with Crippen molar-refractivity contribution >= 4 is 28.3 Å². The summed E-state index contributed by atoms with van der Waals surface area (Å²) in [6.07, 6.45) is 1.44. The normalized spacial score (nSPS) is 10.8. The Morgan fingerprint density at radius 1 is 1.18 bits per heavy atom. The number of nitro benzene ring substituents is 1. The molecule has 2 aromatic heterocycles. The van der Waals surface area contributed by atoms with E-state index in [0.717, 1.165) is 4.57 Å². The van der Waals surface area contributed by atoms with E-state index in [1.54, 1.807) is 6.92 Å². The number of hydrogen-bond acceptors (Lipinski definition) is 6. The molecule has 10 heteroatoms. The molecule has 0 unspecified atom stereocenters. The highest BCUT2D eigenvalue weighted by Gasteiger charge is 2.17. The van der Waals surface area contributed by atoms with Crippen molar-refractivity contribution in [1.29, 1.82) is 0 Å². The summed E-state index contributed by atoms with van der Waals surface area (Å²) in [6.45, 7) is 1.69. The molecule has 0 radical (unpaired) electrons. The molecule has 0 atom stereocenters. The van der Waals surface area contributed by atoms with E-state index in [1.807, 2.05) is 0 Å². The molecule has 0 saturated heterocycles. The lowest BCUT2D eigenvalue weighted by Gasteiger charge is -2.13. The molecule has 0 aliphatic carbocycles. The fourth-order valence-corrected chi connectivity index (χ4v) is 2.89. The van der Waals surface area contributed by atoms with Gasteiger partial charge in [-0.15, -0.1) is 0 Å². The van der Waals surface area contributed by atoms with Crippen LogP contribution in [0, 0.1) is 17.0 Å². The van der Waals surface area contributed by atoms with Crippen LogP contribution in [-0.4, -0.2) is 24.9 Å². The topological polar surface area (TPSA) is 129 Å². The summed E-state index contributed by atoms with van der Waals surface area (Å²) in [4.78, 5) is 51.6. The fourth-order valence-electron chi connectivity index (χ4n) is 2.89. The first-order valence-electron chi connectivity index (χ1n) is 8.29. The second-order valence-corrected chi connectivity index (χ2v) is 6.37. The van der Waals surface area contributed by atoms with Crippen LogP contribution in [0.5, 0.6) is 0 Å². The number of aromatic nitrogens is 3. The molecular weight excluding hydrogens is 366 g/mol. The standard InChI is InChI=1S/C18H17N5O5/c1-10-9-19-16-14(17(25)22(3)18(26)21(16)2)15(10)20-13(24)8-11-4-6-12(7-5-11)23(27)28/h4-7,9H,8H2,1-3H3,(H,19,20,24). The zero-order valence-corrected chi connectivity index (χ0v) is 15.4. The molecule has 144 valence electrons. The van der Waals surface area contributed by atoms with Crippen LogP contribution in [-0.2, 0) is 25.3 Å². The Balaban J connectivity index is 1.99. The Morgan fingerprint density at radius 2 is 1.82 bits per heavy atom. The average molecular weight is 383 g/mol. The van der Waals surface area contributed by atoms with Crippen molar-refractivity contribution < 1.29 is 9.72 Å². The number of amides is 1. The van der Waals surface area contributed by atoms with Gasteiger partial charge >= 0.3 is 5.69 Å². The van der Waals surface area contributed by atoms with E-state index in [1.165, 1.54) is 49.1 Å². The summed E-state index contributed by atoms with van der Waals surface area (Å²) in [5, 5.41) is 13.6. The third kappa shape index (κ3) is 3.27. The minimum absolute atomic E-state index is 0.0344. The first kappa shape index (κ1) is 19.0. The van der Waals surface area contributed by atoms with E-state index in [0.29, 0.717) is 11.1 Å². The first-order chi connectivity index (χ1) is 13.2. The van der Waals surface area contributed by atoms with Crippen molar-refractivity contribution in [3.8, 4) is 0 Å². The lowest BCUT2D eigenvalue weighted by molar-refractivity contribution is -0.384. The number of pyridine rings is 1. The summed E-state index contributed by atoms with van der Waals surface area (Å²) in [6, 6.07) is 5.64. The highest BCUT2D eigenvalue weighted by atomic mass is 16.6. The van der Waals surface area contributed by atoms with Crippen molar-refractivity contribution in [2.45, 2.75) is 13.3 Å². The Hall–Kier alpha value is -3.82. The fraction of sp³-hybridized carbons (Fsp3) is 0.222. The van der Waals surface area contributed by atoms with Crippen LogP contribution in [0.3, 0.4) is 0 Å². The minimum Gasteiger partial charge on any atom is -0.325 e. The van der Waals surface area contributed by atoms with E-state index in [-0.39, 0.29) is 28.8 Å². The van der Waals surface area contributed by atoms with E-state index in [4.69, 9.17) is 0 Å². The van der Waals surface area contributed by atoms with Gasteiger partial charge in [0.1, 0.15) is 5.39 Å². The third-order valence-corrected chi connectivity index (χ3v) is 4.43. The van der Waals surface area contributed by atoms with Gasteiger partial charge in [-0.25, -0.2) is 9.78 Å². The van der Waals surface area contributed by atoms with E-state index in [2.05, 4.69) is 10.3 Å².